The molecule has 2 atom stereocenters. The molecule has 0 spiro atoms. The maximum Gasteiger partial charge on any atom is 0.262 e. The van der Waals surface area contributed by atoms with Crippen LogP contribution in [0.1, 0.15) is 25.7 Å². The molecule has 7 heteroatoms. The van der Waals surface area contributed by atoms with Gasteiger partial charge in [0, 0.05) is 43.4 Å². The van der Waals surface area contributed by atoms with E-state index in [2.05, 4.69) is 9.80 Å². The third kappa shape index (κ3) is 4.07. The first kappa shape index (κ1) is 21.6. The van der Waals surface area contributed by atoms with Gasteiger partial charge in [-0.1, -0.05) is 0 Å². The van der Waals surface area contributed by atoms with Crippen molar-refractivity contribution in [3.05, 3.63) is 64.8 Å². The molecular weight excluding hydrogens is 433 g/mol. The van der Waals surface area contributed by atoms with E-state index >= 15 is 4.39 Å². The third-order valence-corrected chi connectivity index (χ3v) is 7.46. The molecule has 6 rings (SSSR count). The van der Waals surface area contributed by atoms with Crippen molar-refractivity contribution in [1.82, 2.24) is 9.47 Å². The van der Waals surface area contributed by atoms with Crippen molar-refractivity contribution >= 4 is 16.5 Å². The van der Waals surface area contributed by atoms with E-state index in [1.165, 1.54) is 17.1 Å². The number of nitrogens with zero attached hydrogens (tertiary/aromatic N) is 3. The third-order valence-electron chi connectivity index (χ3n) is 7.46. The fraction of sp³-hybridized carbons (Fsp3) is 0.444. The van der Waals surface area contributed by atoms with Gasteiger partial charge in [0.15, 0.2) is 0 Å². The molecule has 1 aromatic heterocycles. The Balaban J connectivity index is 1.21. The van der Waals surface area contributed by atoms with Gasteiger partial charge in [0.25, 0.3) is 5.56 Å². The van der Waals surface area contributed by atoms with Crippen LogP contribution in [0.4, 0.5) is 10.1 Å². The van der Waals surface area contributed by atoms with Crippen molar-refractivity contribution in [2.75, 3.05) is 44.3 Å². The van der Waals surface area contributed by atoms with Crippen LogP contribution in [0.5, 0.6) is 5.75 Å². The van der Waals surface area contributed by atoms with Crippen LogP contribution in [0.2, 0.25) is 0 Å². The van der Waals surface area contributed by atoms with Crippen molar-refractivity contribution in [2.24, 2.45) is 0 Å². The average molecular weight is 464 g/mol. The zero-order valence-electron chi connectivity index (χ0n) is 19.3. The maximum atomic E-state index is 15.1. The molecule has 4 heterocycles. The lowest BCUT2D eigenvalue weighted by Gasteiger charge is -2.36. The van der Waals surface area contributed by atoms with Gasteiger partial charge >= 0.3 is 0 Å². The summed E-state index contributed by atoms with van der Waals surface area (Å²) in [6, 6.07) is 13.0. The van der Waals surface area contributed by atoms with Gasteiger partial charge < -0.3 is 14.4 Å². The van der Waals surface area contributed by atoms with E-state index in [0.717, 1.165) is 63.2 Å². The number of aromatic nitrogens is 1. The number of ether oxygens (including phenoxy) is 2. The number of likely N-dealkylation sites (tertiary alicyclic amines) is 1. The molecule has 0 radical (unpaired) electrons. The summed E-state index contributed by atoms with van der Waals surface area (Å²) in [7, 11) is 0. The highest BCUT2D eigenvalue weighted by Crippen LogP contribution is 2.29. The lowest BCUT2D eigenvalue weighted by Crippen LogP contribution is -2.46. The number of hydrogen-bond acceptors (Lipinski definition) is 5. The number of fused-ring (bicyclic) bond motifs is 1. The second kappa shape index (κ2) is 9.04. The molecule has 0 saturated carbocycles. The van der Waals surface area contributed by atoms with Crippen molar-refractivity contribution in [1.29, 1.82) is 0 Å². The minimum Gasteiger partial charge on any atom is -0.491 e. The van der Waals surface area contributed by atoms with Crippen LogP contribution in [0.3, 0.4) is 0 Å². The normalized spacial score (nSPS) is 22.9. The van der Waals surface area contributed by atoms with Crippen LogP contribution in [-0.2, 0) is 4.74 Å². The molecule has 3 aliphatic rings. The van der Waals surface area contributed by atoms with Crippen LogP contribution >= 0.6 is 0 Å². The van der Waals surface area contributed by atoms with Crippen LogP contribution in [0.15, 0.2) is 53.5 Å². The molecular formula is C27H30FN3O3. The zero-order valence-corrected chi connectivity index (χ0v) is 19.3. The number of halogens is 1. The molecule has 3 aromatic rings. The molecule has 6 nitrogen and oxygen atoms in total. The summed E-state index contributed by atoms with van der Waals surface area (Å²) in [6.07, 6.45) is 6.28. The van der Waals surface area contributed by atoms with E-state index in [1.54, 1.807) is 12.3 Å². The van der Waals surface area contributed by atoms with Gasteiger partial charge in [-0.25, -0.2) is 4.39 Å². The second-order valence-corrected chi connectivity index (χ2v) is 9.60. The first-order valence-corrected chi connectivity index (χ1v) is 12.3. The van der Waals surface area contributed by atoms with Gasteiger partial charge in [-0.2, -0.15) is 0 Å². The Morgan fingerprint density at radius 3 is 2.71 bits per heavy atom. The molecule has 34 heavy (non-hydrogen) atoms. The van der Waals surface area contributed by atoms with E-state index in [-0.39, 0.29) is 17.5 Å². The topological polar surface area (TPSA) is 46.9 Å². The number of hydrogen-bond donors (Lipinski definition) is 0. The number of benzene rings is 2. The Hall–Kier alpha value is -2.90. The first-order valence-electron chi connectivity index (χ1n) is 12.3. The molecule has 0 N–H and O–H groups in total. The molecule has 3 aliphatic heterocycles. The lowest BCUT2D eigenvalue weighted by atomic mass is 10.1. The Labute approximate surface area is 198 Å². The summed E-state index contributed by atoms with van der Waals surface area (Å²) in [5.74, 6) is 0.435. The van der Waals surface area contributed by atoms with Crippen LogP contribution in [0.25, 0.3) is 16.5 Å². The van der Waals surface area contributed by atoms with Crippen LogP contribution < -0.4 is 15.2 Å². The molecule has 3 saturated heterocycles. The largest absolute Gasteiger partial charge is 0.491 e. The van der Waals surface area contributed by atoms with E-state index < -0.39 is 0 Å². The molecule has 0 amide bonds. The smallest absolute Gasteiger partial charge is 0.262 e. The molecule has 178 valence electrons. The van der Waals surface area contributed by atoms with E-state index in [1.807, 2.05) is 30.3 Å². The Kier molecular flexibility index (Phi) is 5.75. The van der Waals surface area contributed by atoms with Crippen molar-refractivity contribution in [3.63, 3.8) is 0 Å². The SMILES string of the molecule is O=c1c2ccc(OCC3CCCO3)cc2ccn1-c1ccc(N2CCC(N3CCC3)C2)c(F)c1. The summed E-state index contributed by atoms with van der Waals surface area (Å²) < 4.78 is 28.1. The van der Waals surface area contributed by atoms with Crippen molar-refractivity contribution < 1.29 is 13.9 Å². The molecule has 0 bridgehead atoms. The highest BCUT2D eigenvalue weighted by Gasteiger charge is 2.31. The second-order valence-electron chi connectivity index (χ2n) is 9.60. The predicted octanol–water partition coefficient (Wildman–Crippen LogP) is 3.97. The Bertz CT molecular complexity index is 1250. The van der Waals surface area contributed by atoms with Gasteiger partial charge in [-0.05, 0) is 80.6 Å². The minimum atomic E-state index is -0.286. The van der Waals surface area contributed by atoms with Gasteiger partial charge in [0.05, 0.1) is 17.5 Å². The van der Waals surface area contributed by atoms with Crippen molar-refractivity contribution in [2.45, 2.75) is 37.8 Å². The van der Waals surface area contributed by atoms with Gasteiger partial charge in [-0.15, -0.1) is 0 Å². The highest BCUT2D eigenvalue weighted by molar-refractivity contribution is 5.83. The van der Waals surface area contributed by atoms with Gasteiger partial charge in [0.1, 0.15) is 18.2 Å². The fourth-order valence-electron chi connectivity index (χ4n) is 5.35. The summed E-state index contributed by atoms with van der Waals surface area (Å²) >= 11 is 0. The van der Waals surface area contributed by atoms with Gasteiger partial charge in [0.2, 0.25) is 0 Å². The molecule has 2 aromatic carbocycles. The van der Waals surface area contributed by atoms with E-state index in [0.29, 0.717) is 29.4 Å². The quantitative estimate of drug-likeness (QED) is 0.554. The number of pyridine rings is 1. The summed E-state index contributed by atoms with van der Waals surface area (Å²) in [5.41, 5.74) is 0.980. The first-order chi connectivity index (χ1) is 16.7. The summed E-state index contributed by atoms with van der Waals surface area (Å²) in [4.78, 5) is 17.8. The molecule has 0 aliphatic carbocycles. The minimum absolute atomic E-state index is 0.142. The van der Waals surface area contributed by atoms with Gasteiger partial charge in [-0.3, -0.25) is 14.3 Å². The lowest BCUT2D eigenvalue weighted by molar-refractivity contribution is 0.0680. The highest BCUT2D eigenvalue weighted by atomic mass is 19.1. The van der Waals surface area contributed by atoms with E-state index in [9.17, 15) is 4.79 Å². The predicted molar refractivity (Wildman–Crippen MR) is 131 cm³/mol. The monoisotopic (exact) mass is 463 g/mol. The summed E-state index contributed by atoms with van der Waals surface area (Å²) in [5, 5.41) is 1.38. The Morgan fingerprint density at radius 2 is 1.94 bits per heavy atom. The number of rotatable bonds is 6. The van der Waals surface area contributed by atoms with E-state index in [4.69, 9.17) is 9.47 Å². The Morgan fingerprint density at radius 1 is 1.03 bits per heavy atom. The molecule has 2 unspecified atom stereocenters. The summed E-state index contributed by atoms with van der Waals surface area (Å²) in [6.45, 7) is 5.36. The van der Waals surface area contributed by atoms with Crippen LogP contribution in [-0.4, -0.2) is 61.0 Å². The number of anilines is 1. The van der Waals surface area contributed by atoms with Crippen LogP contribution in [0, 0.1) is 5.82 Å². The fourth-order valence-corrected chi connectivity index (χ4v) is 5.35. The standard InChI is InChI=1S/C27H30FN3O3/c28-25-16-20(4-7-26(25)30-12-9-21(17-30)29-10-2-11-29)31-13-8-19-15-22(5-6-24(19)27(31)32)34-18-23-3-1-14-33-23/h4-8,13,15-16,21,23H,1-3,9-12,14,17-18H2. The maximum absolute atomic E-state index is 15.1. The molecule has 3 fully saturated rings. The van der Waals surface area contributed by atoms with Crippen molar-refractivity contribution in [3.8, 4) is 11.4 Å². The zero-order chi connectivity index (χ0) is 23.1. The average Bonchev–Trinajstić information content (AvgIpc) is 3.49.